The molecule has 0 aliphatic heterocycles. The van der Waals surface area contributed by atoms with Crippen molar-refractivity contribution in [1.82, 2.24) is 10.2 Å². The molecule has 0 spiro atoms. The van der Waals surface area contributed by atoms with Crippen LogP contribution in [0.5, 0.6) is 5.75 Å². The molecule has 0 aliphatic rings. The number of benzene rings is 1. The molecule has 0 unspecified atom stereocenters. The van der Waals surface area contributed by atoms with Crippen LogP contribution in [0, 0.1) is 13.8 Å². The van der Waals surface area contributed by atoms with Gasteiger partial charge in [-0.25, -0.2) is 0 Å². The molecule has 0 aliphatic carbocycles. The Balaban J connectivity index is 2.53. The maximum absolute atomic E-state index is 12.2. The van der Waals surface area contributed by atoms with Gasteiger partial charge in [-0.15, -0.1) is 0 Å². The van der Waals surface area contributed by atoms with E-state index in [2.05, 4.69) is 10.2 Å². The first-order chi connectivity index (χ1) is 9.93. The normalized spacial score (nSPS) is 12.3. The van der Waals surface area contributed by atoms with Crippen molar-refractivity contribution in [2.75, 3.05) is 27.2 Å². The summed E-state index contributed by atoms with van der Waals surface area (Å²) in [6, 6.07) is 6.05. The summed E-state index contributed by atoms with van der Waals surface area (Å²) < 4.78 is 5.89. The van der Waals surface area contributed by atoms with Crippen LogP contribution in [0.2, 0.25) is 0 Å². The number of ether oxygens (including phenoxy) is 1. The van der Waals surface area contributed by atoms with E-state index in [1.54, 1.807) is 0 Å². The average molecular weight is 292 g/mol. The van der Waals surface area contributed by atoms with E-state index in [-0.39, 0.29) is 5.91 Å². The van der Waals surface area contributed by atoms with Crippen molar-refractivity contribution in [3.8, 4) is 5.75 Å². The minimum absolute atomic E-state index is 0.0304. The Kier molecular flexibility index (Phi) is 7.23. The molecule has 21 heavy (non-hydrogen) atoms. The second kappa shape index (κ2) is 8.67. The zero-order valence-corrected chi connectivity index (χ0v) is 13.9. The second-order valence-corrected chi connectivity index (χ2v) is 5.73. The van der Waals surface area contributed by atoms with E-state index in [0.717, 1.165) is 29.8 Å². The highest BCUT2D eigenvalue weighted by Gasteiger charge is 2.18. The minimum Gasteiger partial charge on any atom is -0.480 e. The molecule has 4 heteroatoms. The summed E-state index contributed by atoms with van der Waals surface area (Å²) >= 11 is 0. The highest BCUT2D eigenvalue weighted by atomic mass is 16.5. The topological polar surface area (TPSA) is 41.6 Å². The van der Waals surface area contributed by atoms with Crippen LogP contribution in [0.1, 0.15) is 30.9 Å². The van der Waals surface area contributed by atoms with Crippen LogP contribution in [-0.4, -0.2) is 44.1 Å². The number of rotatable bonds is 8. The van der Waals surface area contributed by atoms with E-state index in [1.165, 1.54) is 0 Å². The van der Waals surface area contributed by atoms with Crippen molar-refractivity contribution in [1.29, 1.82) is 0 Å². The SMILES string of the molecule is CC[C@H](Oc1cc(C)ccc1C)C(=O)NCCCN(C)C. The van der Waals surface area contributed by atoms with Crippen LogP contribution in [0.25, 0.3) is 0 Å². The molecule has 0 bridgehead atoms. The summed E-state index contributed by atoms with van der Waals surface area (Å²) in [6.45, 7) is 7.64. The number of amides is 1. The predicted octanol–water partition coefficient (Wildman–Crippen LogP) is 2.53. The zero-order valence-electron chi connectivity index (χ0n) is 13.9. The molecule has 1 N–H and O–H groups in total. The fourth-order valence-electron chi connectivity index (χ4n) is 2.03. The van der Waals surface area contributed by atoms with Gasteiger partial charge in [-0.05, 0) is 64.5 Å². The van der Waals surface area contributed by atoms with Gasteiger partial charge in [0.05, 0.1) is 0 Å². The van der Waals surface area contributed by atoms with Crippen molar-refractivity contribution in [2.24, 2.45) is 0 Å². The molecule has 118 valence electrons. The molecule has 0 fully saturated rings. The van der Waals surface area contributed by atoms with Gasteiger partial charge in [0, 0.05) is 6.54 Å². The van der Waals surface area contributed by atoms with Gasteiger partial charge in [0.2, 0.25) is 0 Å². The van der Waals surface area contributed by atoms with Crippen molar-refractivity contribution in [3.05, 3.63) is 29.3 Å². The van der Waals surface area contributed by atoms with Gasteiger partial charge in [-0.2, -0.15) is 0 Å². The van der Waals surface area contributed by atoms with Gasteiger partial charge < -0.3 is 15.0 Å². The van der Waals surface area contributed by atoms with E-state index in [0.29, 0.717) is 13.0 Å². The number of nitrogens with zero attached hydrogens (tertiary/aromatic N) is 1. The molecule has 1 rings (SSSR count). The largest absolute Gasteiger partial charge is 0.480 e. The van der Waals surface area contributed by atoms with Crippen LogP contribution >= 0.6 is 0 Å². The number of nitrogens with one attached hydrogen (secondary N) is 1. The molecular formula is C17H28N2O2. The smallest absolute Gasteiger partial charge is 0.261 e. The molecule has 0 aromatic heterocycles. The van der Waals surface area contributed by atoms with Crippen LogP contribution < -0.4 is 10.1 Å². The average Bonchev–Trinajstić information content (AvgIpc) is 2.44. The number of aryl methyl sites for hydroxylation is 2. The van der Waals surface area contributed by atoms with Gasteiger partial charge in [0.1, 0.15) is 5.75 Å². The molecule has 1 aromatic carbocycles. The molecular weight excluding hydrogens is 264 g/mol. The Bertz CT molecular complexity index is 458. The Morgan fingerprint density at radius 2 is 2.05 bits per heavy atom. The van der Waals surface area contributed by atoms with E-state index < -0.39 is 6.10 Å². The highest BCUT2D eigenvalue weighted by Crippen LogP contribution is 2.21. The van der Waals surface area contributed by atoms with Gasteiger partial charge >= 0.3 is 0 Å². The third kappa shape index (κ3) is 6.17. The highest BCUT2D eigenvalue weighted by molar-refractivity contribution is 5.81. The molecule has 0 saturated heterocycles. The monoisotopic (exact) mass is 292 g/mol. The van der Waals surface area contributed by atoms with E-state index in [9.17, 15) is 4.79 Å². The Labute approximate surface area is 128 Å². The number of hydrogen-bond donors (Lipinski definition) is 1. The lowest BCUT2D eigenvalue weighted by atomic mass is 10.1. The minimum atomic E-state index is -0.426. The molecule has 1 amide bonds. The van der Waals surface area contributed by atoms with Crippen LogP contribution in [0.4, 0.5) is 0 Å². The van der Waals surface area contributed by atoms with Gasteiger partial charge in [-0.1, -0.05) is 19.1 Å². The summed E-state index contributed by atoms with van der Waals surface area (Å²) in [5, 5.41) is 2.95. The Morgan fingerprint density at radius 3 is 2.67 bits per heavy atom. The van der Waals surface area contributed by atoms with Gasteiger partial charge in [0.25, 0.3) is 5.91 Å². The molecule has 0 heterocycles. The van der Waals surface area contributed by atoms with Crippen LogP contribution in [0.15, 0.2) is 18.2 Å². The number of hydrogen-bond acceptors (Lipinski definition) is 3. The Hall–Kier alpha value is -1.55. The third-order valence-corrected chi connectivity index (χ3v) is 3.36. The molecule has 0 radical (unpaired) electrons. The fourth-order valence-corrected chi connectivity index (χ4v) is 2.03. The number of carbonyl (C=O) groups is 1. The van der Waals surface area contributed by atoms with E-state index in [1.807, 2.05) is 53.1 Å². The van der Waals surface area contributed by atoms with Gasteiger partial charge in [0.15, 0.2) is 6.10 Å². The molecule has 1 atom stereocenters. The Morgan fingerprint density at radius 1 is 1.33 bits per heavy atom. The second-order valence-electron chi connectivity index (χ2n) is 5.73. The quantitative estimate of drug-likeness (QED) is 0.749. The predicted molar refractivity (Wildman–Crippen MR) is 86.8 cm³/mol. The van der Waals surface area contributed by atoms with Crippen molar-refractivity contribution in [3.63, 3.8) is 0 Å². The fraction of sp³-hybridized carbons (Fsp3) is 0.588. The zero-order chi connectivity index (χ0) is 15.8. The lowest BCUT2D eigenvalue weighted by molar-refractivity contribution is -0.128. The maximum atomic E-state index is 12.2. The molecule has 0 saturated carbocycles. The summed E-state index contributed by atoms with van der Waals surface area (Å²) in [6.07, 6.45) is 1.18. The first-order valence-corrected chi connectivity index (χ1v) is 7.60. The maximum Gasteiger partial charge on any atom is 0.261 e. The lowest BCUT2D eigenvalue weighted by Gasteiger charge is -2.19. The molecule has 1 aromatic rings. The van der Waals surface area contributed by atoms with Crippen molar-refractivity contribution >= 4 is 5.91 Å². The van der Waals surface area contributed by atoms with Crippen LogP contribution in [-0.2, 0) is 4.79 Å². The van der Waals surface area contributed by atoms with Crippen LogP contribution in [0.3, 0.4) is 0 Å². The summed E-state index contributed by atoms with van der Waals surface area (Å²) in [4.78, 5) is 14.3. The summed E-state index contributed by atoms with van der Waals surface area (Å²) in [5.74, 6) is 0.766. The standard InChI is InChI=1S/C17H28N2O2/c1-6-15(17(20)18-10-7-11-19(4)5)21-16-12-13(2)8-9-14(16)3/h8-9,12,15H,6-7,10-11H2,1-5H3,(H,18,20)/t15-/m0/s1. The number of carbonyl (C=O) groups excluding carboxylic acids is 1. The molecule has 4 nitrogen and oxygen atoms in total. The summed E-state index contributed by atoms with van der Waals surface area (Å²) in [7, 11) is 4.06. The van der Waals surface area contributed by atoms with E-state index >= 15 is 0 Å². The first-order valence-electron chi connectivity index (χ1n) is 7.60. The van der Waals surface area contributed by atoms with Gasteiger partial charge in [-0.3, -0.25) is 4.79 Å². The third-order valence-electron chi connectivity index (χ3n) is 3.36. The van der Waals surface area contributed by atoms with E-state index in [4.69, 9.17) is 4.74 Å². The first kappa shape index (κ1) is 17.5. The van der Waals surface area contributed by atoms with Crippen molar-refractivity contribution in [2.45, 2.75) is 39.7 Å². The summed E-state index contributed by atoms with van der Waals surface area (Å²) in [5.41, 5.74) is 2.19. The van der Waals surface area contributed by atoms with Crippen molar-refractivity contribution < 1.29 is 9.53 Å². The lowest BCUT2D eigenvalue weighted by Crippen LogP contribution is -2.39.